The summed E-state index contributed by atoms with van der Waals surface area (Å²) in [6.45, 7) is 0. The number of hydrogen-bond acceptors (Lipinski definition) is 4. The Morgan fingerprint density at radius 2 is 1.25 bits per heavy atom. The second kappa shape index (κ2) is 2.71. The van der Waals surface area contributed by atoms with Crippen molar-refractivity contribution >= 4 is 23.8 Å². The molecule has 2 amide bonds. The van der Waals surface area contributed by atoms with Gasteiger partial charge in [-0.15, -0.1) is 0 Å². The van der Waals surface area contributed by atoms with E-state index in [0.29, 0.717) is 0 Å². The molecule has 8 heteroatoms. The highest BCUT2D eigenvalue weighted by atomic mass is 16.4. The molecule has 8 nitrogen and oxygen atoms in total. The Bertz CT molecular complexity index is 392. The second-order valence-corrected chi connectivity index (χ2v) is 3.83. The molecule has 2 unspecified atom stereocenters. The highest BCUT2D eigenvalue weighted by Crippen LogP contribution is 2.33. The summed E-state index contributed by atoms with van der Waals surface area (Å²) in [7, 11) is 0. The third-order valence-electron chi connectivity index (χ3n) is 3.03. The quantitative estimate of drug-likeness (QED) is 0.392. The Morgan fingerprint density at radius 1 is 0.938 bits per heavy atom. The van der Waals surface area contributed by atoms with Crippen molar-refractivity contribution in [1.29, 1.82) is 0 Å². The van der Waals surface area contributed by atoms with E-state index in [1.165, 1.54) is 0 Å². The molecule has 3 rings (SSSR count). The van der Waals surface area contributed by atoms with Gasteiger partial charge in [-0.25, -0.2) is 9.59 Å². The number of nitrogens with one attached hydrogen (secondary N) is 2. The molecule has 0 aromatic rings. The Hall–Kier alpha value is -2.12. The third-order valence-corrected chi connectivity index (χ3v) is 3.03. The largest absolute Gasteiger partial charge is 0.479 e. The molecule has 2 atom stereocenters. The lowest BCUT2D eigenvalue weighted by Gasteiger charge is -2.47. The molecule has 0 aromatic carbocycles. The lowest BCUT2D eigenvalue weighted by Crippen LogP contribution is -2.83. The number of aliphatic carboxylic acids is 2. The first kappa shape index (κ1) is 10.4. The summed E-state index contributed by atoms with van der Waals surface area (Å²) in [5, 5.41) is 21.7. The van der Waals surface area contributed by atoms with Crippen LogP contribution in [-0.2, 0) is 19.2 Å². The SMILES string of the molecule is O=C(O)C12CCC(C(=O)O)(NC1=O)C(=O)N2. The smallest absolute Gasteiger partial charge is 0.339 e. The molecule has 16 heavy (non-hydrogen) atoms. The van der Waals surface area contributed by atoms with Crippen molar-refractivity contribution in [2.24, 2.45) is 0 Å². The number of amides is 2. The normalized spacial score (nSPS) is 36.5. The van der Waals surface area contributed by atoms with Gasteiger partial charge in [0.15, 0.2) is 0 Å². The highest BCUT2D eigenvalue weighted by Gasteiger charge is 2.66. The number of carbonyl (C=O) groups is 4. The van der Waals surface area contributed by atoms with E-state index < -0.39 is 34.8 Å². The maximum atomic E-state index is 11.5. The minimum atomic E-state index is -2.02. The number of fused-ring (bicyclic) bond motifs is 3. The summed E-state index contributed by atoms with van der Waals surface area (Å²) < 4.78 is 0. The predicted molar refractivity (Wildman–Crippen MR) is 46.3 cm³/mol. The van der Waals surface area contributed by atoms with E-state index in [1.807, 2.05) is 10.6 Å². The van der Waals surface area contributed by atoms with Gasteiger partial charge < -0.3 is 20.8 Å². The molecule has 3 heterocycles. The molecular weight excluding hydrogens is 220 g/mol. The van der Waals surface area contributed by atoms with Crippen molar-refractivity contribution in [3.63, 3.8) is 0 Å². The van der Waals surface area contributed by atoms with E-state index in [2.05, 4.69) is 0 Å². The van der Waals surface area contributed by atoms with Gasteiger partial charge in [0, 0.05) is 0 Å². The summed E-state index contributed by atoms with van der Waals surface area (Å²) in [6, 6.07) is 0. The first-order chi connectivity index (χ1) is 7.35. The van der Waals surface area contributed by atoms with E-state index in [1.54, 1.807) is 0 Å². The first-order valence-corrected chi connectivity index (χ1v) is 4.47. The molecule has 0 saturated carbocycles. The molecule has 3 aliphatic rings. The second-order valence-electron chi connectivity index (χ2n) is 3.83. The molecule has 4 N–H and O–H groups in total. The van der Waals surface area contributed by atoms with Crippen LogP contribution < -0.4 is 10.6 Å². The van der Waals surface area contributed by atoms with Crippen LogP contribution in [0.4, 0.5) is 0 Å². The fourth-order valence-electron chi connectivity index (χ4n) is 1.96. The lowest BCUT2D eigenvalue weighted by atomic mass is 9.73. The van der Waals surface area contributed by atoms with Crippen LogP contribution in [0.2, 0.25) is 0 Å². The number of piperazine rings is 1. The average Bonchev–Trinajstić information content (AvgIpc) is 2.19. The summed E-state index contributed by atoms with van der Waals surface area (Å²) in [6.07, 6.45) is -0.460. The van der Waals surface area contributed by atoms with Crippen LogP contribution in [0.5, 0.6) is 0 Å². The summed E-state index contributed by atoms with van der Waals surface area (Å²) >= 11 is 0. The topological polar surface area (TPSA) is 133 Å². The number of carboxylic acid groups (broad SMARTS) is 2. The van der Waals surface area contributed by atoms with Gasteiger partial charge >= 0.3 is 11.9 Å². The van der Waals surface area contributed by atoms with Gasteiger partial charge in [0.2, 0.25) is 11.1 Å². The third kappa shape index (κ3) is 0.930. The van der Waals surface area contributed by atoms with Crippen LogP contribution in [0.25, 0.3) is 0 Å². The van der Waals surface area contributed by atoms with E-state index in [-0.39, 0.29) is 12.8 Å². The van der Waals surface area contributed by atoms with Gasteiger partial charge in [0.25, 0.3) is 11.8 Å². The molecule has 2 bridgehead atoms. The van der Waals surface area contributed by atoms with Crippen LogP contribution >= 0.6 is 0 Å². The van der Waals surface area contributed by atoms with Crippen molar-refractivity contribution in [2.45, 2.75) is 23.9 Å². The van der Waals surface area contributed by atoms with Gasteiger partial charge in [-0.3, -0.25) is 9.59 Å². The van der Waals surface area contributed by atoms with E-state index in [9.17, 15) is 19.2 Å². The van der Waals surface area contributed by atoms with Crippen LogP contribution in [0.3, 0.4) is 0 Å². The maximum Gasteiger partial charge on any atom is 0.339 e. The summed E-state index contributed by atoms with van der Waals surface area (Å²) in [5.74, 6) is -4.96. The van der Waals surface area contributed by atoms with Gasteiger partial charge in [-0.05, 0) is 12.8 Å². The van der Waals surface area contributed by atoms with E-state index in [0.717, 1.165) is 0 Å². The molecule has 3 saturated heterocycles. The fraction of sp³-hybridized carbons (Fsp3) is 0.500. The first-order valence-electron chi connectivity index (χ1n) is 4.47. The minimum Gasteiger partial charge on any atom is -0.479 e. The van der Waals surface area contributed by atoms with E-state index >= 15 is 0 Å². The standard InChI is InChI=1S/C8H8N2O6/c11-3-7(5(13)14)1-2-8(10-3,6(15)16)4(12)9-7/h1-2H2,(H,9,12)(H,10,11)(H,13,14)(H,15,16). The predicted octanol–water partition coefficient (Wildman–Crippen LogP) is -2.33. The van der Waals surface area contributed by atoms with Crippen molar-refractivity contribution < 1.29 is 29.4 Å². The van der Waals surface area contributed by atoms with Crippen molar-refractivity contribution in [3.8, 4) is 0 Å². The molecule has 0 aromatic heterocycles. The Morgan fingerprint density at radius 3 is 1.44 bits per heavy atom. The van der Waals surface area contributed by atoms with Crippen molar-refractivity contribution in [3.05, 3.63) is 0 Å². The van der Waals surface area contributed by atoms with Gasteiger partial charge in [0.1, 0.15) is 0 Å². The van der Waals surface area contributed by atoms with Gasteiger partial charge in [0.05, 0.1) is 0 Å². The minimum absolute atomic E-state index is 0.230. The van der Waals surface area contributed by atoms with E-state index in [4.69, 9.17) is 10.2 Å². The van der Waals surface area contributed by atoms with Crippen molar-refractivity contribution in [2.75, 3.05) is 0 Å². The number of rotatable bonds is 2. The Labute approximate surface area is 88.6 Å². The zero-order valence-electron chi connectivity index (χ0n) is 7.94. The number of hydrogen-bond donors (Lipinski definition) is 4. The molecule has 0 aliphatic carbocycles. The lowest BCUT2D eigenvalue weighted by molar-refractivity contribution is -0.173. The highest BCUT2D eigenvalue weighted by molar-refractivity contribution is 6.21. The number of carboxylic acids is 2. The monoisotopic (exact) mass is 228 g/mol. The zero-order chi connectivity index (χ0) is 12.1. The summed E-state index contributed by atoms with van der Waals surface area (Å²) in [5.41, 5.74) is -4.04. The summed E-state index contributed by atoms with van der Waals surface area (Å²) in [4.78, 5) is 44.9. The van der Waals surface area contributed by atoms with Gasteiger partial charge in [-0.1, -0.05) is 0 Å². The maximum absolute atomic E-state index is 11.5. The fourth-order valence-corrected chi connectivity index (χ4v) is 1.96. The zero-order valence-corrected chi connectivity index (χ0v) is 7.94. The average molecular weight is 228 g/mol. The molecule has 3 aliphatic heterocycles. The molecule has 86 valence electrons. The number of piperidine rings is 2. The Balaban J connectivity index is 2.47. The van der Waals surface area contributed by atoms with Crippen LogP contribution in [0.1, 0.15) is 12.8 Å². The Kier molecular flexibility index (Phi) is 1.76. The van der Waals surface area contributed by atoms with Crippen LogP contribution in [0, 0.1) is 0 Å². The molecule has 0 spiro atoms. The molecule has 3 fully saturated rings. The number of carbonyl (C=O) groups excluding carboxylic acids is 2. The van der Waals surface area contributed by atoms with Crippen LogP contribution in [0.15, 0.2) is 0 Å². The van der Waals surface area contributed by atoms with Crippen LogP contribution in [-0.4, -0.2) is 45.0 Å². The van der Waals surface area contributed by atoms with Crippen molar-refractivity contribution in [1.82, 2.24) is 10.6 Å². The van der Waals surface area contributed by atoms with Gasteiger partial charge in [-0.2, -0.15) is 0 Å². The molecule has 0 radical (unpaired) electrons. The molecular formula is C8H8N2O6.